The summed E-state index contributed by atoms with van der Waals surface area (Å²) in [5.41, 5.74) is -1.95. The van der Waals surface area contributed by atoms with Crippen LogP contribution in [0.25, 0.3) is 0 Å². The summed E-state index contributed by atoms with van der Waals surface area (Å²) in [4.78, 5) is 28.1. The Labute approximate surface area is 503 Å². The molecule has 10 rings (SSSR count). The number of carbonyl (C=O) groups is 2. The zero-order valence-electron chi connectivity index (χ0n) is 50.2. The largest absolute Gasteiger partial charge is 0.479 e. The number of aliphatic hydroxyl groups is 15. The standard InChI is InChI=1S/C59H94O28/c1-54(2)14-16-59(53(77)87-51-42(73)38(69)35(66)28(82-51)22-79-48-40(71)36(67)33(64)26(19-60)80-48)17-15-57(6)23(24(59)18-54)8-9-30-56(5)12-11-31(55(3,4)29(56)10-13-58(30,57)7)83-52-46(86-50-41(72)37(68)34(65)27(20-61)81-50)44(43(74)45(85-52)47(75)76)84-49-39(70)32(63)25(62)21-78-49/h8,24-46,48-52,60-74H,9-22H2,1-7H3,(H,75,76). The van der Waals surface area contributed by atoms with Crippen LogP contribution in [0.2, 0.25) is 0 Å². The third kappa shape index (κ3) is 11.5. The Kier molecular flexibility index (Phi) is 19.3. The predicted molar refractivity (Wildman–Crippen MR) is 290 cm³/mol. The molecular formula is C59H94O28. The molecule has 87 heavy (non-hydrogen) atoms. The molecule has 5 aliphatic carbocycles. The predicted octanol–water partition coefficient (Wildman–Crippen LogP) is -3.48. The summed E-state index contributed by atoms with van der Waals surface area (Å²) in [5.74, 6) is -2.54. The van der Waals surface area contributed by atoms with Gasteiger partial charge in [-0.1, -0.05) is 60.1 Å². The van der Waals surface area contributed by atoms with Gasteiger partial charge in [0.1, 0.15) is 110 Å². The number of hydrogen-bond donors (Lipinski definition) is 16. The Morgan fingerprint density at radius 2 is 1.11 bits per heavy atom. The van der Waals surface area contributed by atoms with Gasteiger partial charge in [-0.05, 0) is 109 Å². The lowest BCUT2D eigenvalue weighted by Gasteiger charge is -2.71. The molecule has 0 amide bonds. The Bertz CT molecular complexity index is 2470. The Morgan fingerprint density at radius 1 is 0.552 bits per heavy atom. The van der Waals surface area contributed by atoms with E-state index < -0.39 is 208 Å². The first-order chi connectivity index (χ1) is 40.7. The highest BCUT2D eigenvalue weighted by Gasteiger charge is 2.71. The molecule has 5 saturated heterocycles. The normalized spacial score (nSPS) is 53.1. The fraction of sp³-hybridized carbons (Fsp3) is 0.932. The molecule has 498 valence electrons. The molecule has 5 aliphatic heterocycles. The number of hydrogen-bond acceptors (Lipinski definition) is 27. The zero-order chi connectivity index (χ0) is 63.6. The van der Waals surface area contributed by atoms with Gasteiger partial charge in [0, 0.05) is 0 Å². The van der Waals surface area contributed by atoms with Crippen molar-refractivity contribution in [2.24, 2.45) is 50.2 Å². The van der Waals surface area contributed by atoms with Gasteiger partial charge in [-0.2, -0.15) is 0 Å². The monoisotopic (exact) mass is 1250 g/mol. The van der Waals surface area contributed by atoms with Gasteiger partial charge in [-0.3, -0.25) is 4.79 Å². The number of carboxylic acid groups (broad SMARTS) is 1. The van der Waals surface area contributed by atoms with Crippen LogP contribution in [0.4, 0.5) is 0 Å². The van der Waals surface area contributed by atoms with Gasteiger partial charge in [-0.25, -0.2) is 4.79 Å². The third-order valence-electron chi connectivity index (χ3n) is 23.1. The van der Waals surface area contributed by atoms with Gasteiger partial charge in [0.2, 0.25) is 6.29 Å². The topological polar surface area (TPSA) is 450 Å². The van der Waals surface area contributed by atoms with E-state index in [0.29, 0.717) is 57.8 Å². The molecule has 28 heteroatoms. The van der Waals surface area contributed by atoms with Crippen molar-refractivity contribution >= 4 is 11.9 Å². The van der Waals surface area contributed by atoms with E-state index in [4.69, 9.17) is 47.4 Å². The maximum Gasteiger partial charge on any atom is 0.335 e. The minimum atomic E-state index is -2.11. The van der Waals surface area contributed by atoms with Crippen molar-refractivity contribution in [3.05, 3.63) is 11.6 Å². The minimum Gasteiger partial charge on any atom is -0.479 e. The summed E-state index contributed by atoms with van der Waals surface area (Å²) in [7, 11) is 0. The van der Waals surface area contributed by atoms with Gasteiger partial charge >= 0.3 is 11.9 Å². The number of rotatable bonds is 14. The van der Waals surface area contributed by atoms with E-state index in [0.717, 1.165) is 12.0 Å². The van der Waals surface area contributed by atoms with Crippen molar-refractivity contribution in [3.8, 4) is 0 Å². The molecule has 5 heterocycles. The molecule has 0 spiro atoms. The van der Waals surface area contributed by atoms with E-state index in [1.807, 2.05) is 0 Å². The van der Waals surface area contributed by atoms with Crippen molar-refractivity contribution in [3.63, 3.8) is 0 Å². The second-order valence-corrected chi connectivity index (χ2v) is 28.7. The van der Waals surface area contributed by atoms with Gasteiger partial charge < -0.3 is 129 Å². The average Bonchev–Trinajstić information content (AvgIpc) is 0.681. The van der Waals surface area contributed by atoms with Crippen molar-refractivity contribution in [1.82, 2.24) is 0 Å². The zero-order valence-corrected chi connectivity index (χ0v) is 50.2. The Balaban J connectivity index is 0.894. The number of esters is 1. The lowest BCUT2D eigenvalue weighted by atomic mass is 9.33. The molecule has 9 fully saturated rings. The van der Waals surface area contributed by atoms with Crippen LogP contribution in [0.1, 0.15) is 113 Å². The van der Waals surface area contributed by atoms with Crippen LogP contribution in [0.15, 0.2) is 11.6 Å². The maximum atomic E-state index is 15.2. The summed E-state index contributed by atoms with van der Waals surface area (Å²) in [6.07, 6.45) is -35.0. The molecular weight excluding hydrogens is 1160 g/mol. The SMILES string of the molecule is CC1(C)CCC2(C(=O)OC3OC(COC4OC(CO)C(O)C(O)C4O)C(O)C(O)C3O)CCC3(C)C(=CCC4C5(C)CCC(OC6OC(C(=O)O)C(O)C(OC7OCC(O)C(O)C7O)C6OC6OC(CO)C(O)C(O)C6O)C(C)(C)C5CCC43C)C2C1. The molecule has 10 aliphatic rings. The molecule has 16 N–H and O–H groups in total. The van der Waals surface area contributed by atoms with E-state index in [-0.39, 0.29) is 34.0 Å². The minimum absolute atomic E-state index is 0.0473. The van der Waals surface area contributed by atoms with E-state index in [1.54, 1.807) is 0 Å². The smallest absolute Gasteiger partial charge is 0.335 e. The molecule has 0 aromatic rings. The second-order valence-electron chi connectivity index (χ2n) is 28.7. The number of carboxylic acids is 1. The fourth-order valence-corrected chi connectivity index (χ4v) is 17.6. The van der Waals surface area contributed by atoms with E-state index in [9.17, 15) is 86.5 Å². The highest BCUT2D eigenvalue weighted by molar-refractivity contribution is 5.79. The van der Waals surface area contributed by atoms with Gasteiger partial charge in [0.15, 0.2) is 31.3 Å². The summed E-state index contributed by atoms with van der Waals surface area (Å²) in [6.45, 7) is 12.8. The maximum absolute atomic E-state index is 15.2. The first kappa shape index (κ1) is 67.6. The summed E-state index contributed by atoms with van der Waals surface area (Å²) < 4.78 is 59.7. The molecule has 0 bridgehead atoms. The van der Waals surface area contributed by atoms with Crippen molar-refractivity contribution in [2.45, 2.75) is 266 Å². The summed E-state index contributed by atoms with van der Waals surface area (Å²) >= 11 is 0. The first-order valence-corrected chi connectivity index (χ1v) is 30.7. The fourth-order valence-electron chi connectivity index (χ4n) is 17.6. The third-order valence-corrected chi connectivity index (χ3v) is 23.1. The number of allylic oxidation sites excluding steroid dienone is 2. The Morgan fingerprint density at radius 3 is 1.75 bits per heavy atom. The highest BCUT2D eigenvalue weighted by Crippen LogP contribution is 2.76. The summed E-state index contributed by atoms with van der Waals surface area (Å²) in [5, 5.41) is 171. The van der Waals surface area contributed by atoms with Crippen molar-refractivity contribution in [2.75, 3.05) is 26.4 Å². The van der Waals surface area contributed by atoms with Crippen molar-refractivity contribution < 1.29 is 139 Å². The van der Waals surface area contributed by atoms with Gasteiger partial charge in [0.05, 0.1) is 37.9 Å². The lowest BCUT2D eigenvalue weighted by Crippen LogP contribution is -2.68. The van der Waals surface area contributed by atoms with Gasteiger partial charge in [-0.15, -0.1) is 0 Å². The van der Waals surface area contributed by atoms with E-state index in [1.165, 1.54) is 0 Å². The van der Waals surface area contributed by atoms with E-state index in [2.05, 4.69) is 54.5 Å². The average molecular weight is 1250 g/mol. The number of carbonyl (C=O) groups excluding carboxylic acids is 1. The lowest BCUT2D eigenvalue weighted by molar-refractivity contribution is -0.392. The van der Waals surface area contributed by atoms with Crippen LogP contribution in [0, 0.1) is 50.2 Å². The quantitative estimate of drug-likeness (QED) is 0.0456. The number of fused-ring (bicyclic) bond motifs is 7. The van der Waals surface area contributed by atoms with Crippen LogP contribution < -0.4 is 0 Å². The molecule has 32 atom stereocenters. The second kappa shape index (κ2) is 24.9. The first-order valence-electron chi connectivity index (χ1n) is 30.7. The highest BCUT2D eigenvalue weighted by atomic mass is 16.8. The molecule has 0 radical (unpaired) electrons. The molecule has 28 nitrogen and oxygen atoms in total. The van der Waals surface area contributed by atoms with Crippen LogP contribution in [-0.2, 0) is 57.0 Å². The van der Waals surface area contributed by atoms with Gasteiger partial charge in [0.25, 0.3) is 0 Å². The van der Waals surface area contributed by atoms with E-state index >= 15 is 4.79 Å². The van der Waals surface area contributed by atoms with Crippen LogP contribution in [0.3, 0.4) is 0 Å². The van der Waals surface area contributed by atoms with Crippen LogP contribution in [0.5, 0.6) is 0 Å². The number of ether oxygens (including phenoxy) is 10. The molecule has 32 unspecified atom stereocenters. The number of aliphatic hydroxyl groups excluding tert-OH is 15. The van der Waals surface area contributed by atoms with Crippen LogP contribution >= 0.6 is 0 Å². The molecule has 0 aromatic heterocycles. The summed E-state index contributed by atoms with van der Waals surface area (Å²) in [6, 6.07) is 0. The Hall–Kier alpha value is -2.28. The van der Waals surface area contributed by atoms with Crippen molar-refractivity contribution in [1.29, 1.82) is 0 Å². The molecule has 4 saturated carbocycles. The molecule has 0 aromatic carbocycles. The van der Waals surface area contributed by atoms with Crippen LogP contribution in [-0.4, -0.2) is 274 Å². The number of aliphatic carboxylic acids is 1.